The summed E-state index contributed by atoms with van der Waals surface area (Å²) in [4.78, 5) is 13.6. The van der Waals surface area contributed by atoms with Crippen LogP contribution in [0.1, 0.15) is 22.3 Å². The van der Waals surface area contributed by atoms with Crippen molar-refractivity contribution in [2.24, 2.45) is 0 Å². The molecule has 0 radical (unpaired) electrons. The lowest BCUT2D eigenvalue weighted by Gasteiger charge is -2.26. The second-order valence-corrected chi connectivity index (χ2v) is 5.94. The van der Waals surface area contributed by atoms with Gasteiger partial charge in [-0.2, -0.15) is 0 Å². The Bertz CT molecular complexity index is 697. The Labute approximate surface area is 136 Å². The molecular formula is C19H21NO3. The Morgan fingerprint density at radius 2 is 1.91 bits per heavy atom. The molecule has 0 saturated carbocycles. The van der Waals surface area contributed by atoms with E-state index in [4.69, 9.17) is 9.47 Å². The quantitative estimate of drug-likeness (QED) is 0.870. The van der Waals surface area contributed by atoms with Gasteiger partial charge in [-0.25, -0.2) is 0 Å². The molecule has 4 nitrogen and oxygen atoms in total. The average molecular weight is 311 g/mol. The average Bonchev–Trinajstić information content (AvgIpc) is 2.59. The number of hydrogen-bond acceptors (Lipinski definition) is 3. The number of nitrogens with zero attached hydrogens (tertiary/aromatic N) is 1. The Hall–Kier alpha value is -2.49. The zero-order valence-electron chi connectivity index (χ0n) is 13.5. The third kappa shape index (κ3) is 3.65. The van der Waals surface area contributed by atoms with Gasteiger partial charge in [0, 0.05) is 19.7 Å². The van der Waals surface area contributed by atoms with E-state index in [0.29, 0.717) is 6.61 Å². The molecule has 1 heterocycles. The van der Waals surface area contributed by atoms with Crippen LogP contribution >= 0.6 is 0 Å². The van der Waals surface area contributed by atoms with Crippen LogP contribution in [0.4, 0.5) is 0 Å². The van der Waals surface area contributed by atoms with Gasteiger partial charge < -0.3 is 14.4 Å². The molecule has 1 amide bonds. The van der Waals surface area contributed by atoms with E-state index in [2.05, 4.69) is 0 Å². The lowest BCUT2D eigenvalue weighted by atomic mass is 10.0. The number of hydrogen-bond donors (Lipinski definition) is 0. The van der Waals surface area contributed by atoms with E-state index >= 15 is 0 Å². The minimum Gasteiger partial charge on any atom is -0.486 e. The summed E-state index contributed by atoms with van der Waals surface area (Å²) in [5.41, 5.74) is 1.86. The molecule has 1 aliphatic rings. The Balaban J connectivity index is 1.61. The number of rotatable bonds is 4. The molecule has 0 aromatic heterocycles. The number of carbonyl (C=O) groups excluding carboxylic acids is 1. The second-order valence-electron chi connectivity index (χ2n) is 5.94. The summed E-state index contributed by atoms with van der Waals surface area (Å²) in [6.07, 6.45) is 1.75. The van der Waals surface area contributed by atoms with Crippen LogP contribution in [0, 0.1) is 0 Å². The summed E-state index contributed by atoms with van der Waals surface area (Å²) in [6.45, 7) is 0.563. The van der Waals surface area contributed by atoms with Crippen molar-refractivity contribution in [1.29, 1.82) is 0 Å². The fourth-order valence-electron chi connectivity index (χ4n) is 2.65. The molecular weight excluding hydrogens is 290 g/mol. The van der Waals surface area contributed by atoms with Gasteiger partial charge in [-0.15, -0.1) is 0 Å². The van der Waals surface area contributed by atoms with Gasteiger partial charge in [0.2, 0.25) is 0 Å². The second kappa shape index (κ2) is 6.73. The number of para-hydroxylation sites is 2. The third-order valence-electron chi connectivity index (χ3n) is 3.90. The van der Waals surface area contributed by atoms with Crippen LogP contribution in [0.15, 0.2) is 48.5 Å². The largest absolute Gasteiger partial charge is 0.486 e. The number of aryl methyl sites for hydroxylation is 1. The van der Waals surface area contributed by atoms with E-state index in [1.807, 2.05) is 48.5 Å². The number of benzene rings is 2. The third-order valence-corrected chi connectivity index (χ3v) is 3.90. The molecule has 0 N–H and O–H groups in total. The monoisotopic (exact) mass is 311 g/mol. The summed E-state index contributed by atoms with van der Waals surface area (Å²) in [6, 6.07) is 15.5. The molecule has 0 fully saturated rings. The summed E-state index contributed by atoms with van der Waals surface area (Å²) < 4.78 is 11.7. The molecule has 3 rings (SSSR count). The van der Waals surface area contributed by atoms with Crippen LogP contribution in [0.25, 0.3) is 0 Å². The van der Waals surface area contributed by atoms with Crippen LogP contribution in [-0.4, -0.2) is 37.6 Å². The maximum atomic E-state index is 12.0. The molecule has 120 valence electrons. The molecule has 0 bridgehead atoms. The Morgan fingerprint density at radius 3 is 2.70 bits per heavy atom. The highest BCUT2D eigenvalue weighted by Gasteiger charge is 2.20. The fourth-order valence-corrected chi connectivity index (χ4v) is 2.65. The van der Waals surface area contributed by atoms with Crippen LogP contribution in [0.3, 0.4) is 0 Å². The van der Waals surface area contributed by atoms with E-state index < -0.39 is 0 Å². The predicted octanol–water partition coefficient (Wildman–Crippen LogP) is 3.16. The number of fused-ring (bicyclic) bond motifs is 1. The van der Waals surface area contributed by atoms with Gasteiger partial charge in [-0.1, -0.05) is 24.3 Å². The first-order chi connectivity index (χ1) is 11.1. The van der Waals surface area contributed by atoms with E-state index in [1.54, 1.807) is 19.0 Å². The zero-order valence-corrected chi connectivity index (χ0v) is 13.5. The van der Waals surface area contributed by atoms with Crippen molar-refractivity contribution < 1.29 is 14.3 Å². The zero-order chi connectivity index (χ0) is 16.2. The van der Waals surface area contributed by atoms with Gasteiger partial charge in [0.15, 0.2) is 11.5 Å². The topological polar surface area (TPSA) is 38.8 Å². The van der Waals surface area contributed by atoms with E-state index in [1.165, 1.54) is 0 Å². The van der Waals surface area contributed by atoms with Crippen LogP contribution in [0.5, 0.6) is 11.5 Å². The molecule has 0 unspecified atom stereocenters. The molecule has 23 heavy (non-hydrogen) atoms. The lowest BCUT2D eigenvalue weighted by Crippen LogP contribution is -2.29. The van der Waals surface area contributed by atoms with Crippen molar-refractivity contribution in [2.75, 3.05) is 20.7 Å². The van der Waals surface area contributed by atoms with E-state index in [9.17, 15) is 4.79 Å². The molecule has 0 spiro atoms. The summed E-state index contributed by atoms with van der Waals surface area (Å²) >= 11 is 0. The first-order valence-electron chi connectivity index (χ1n) is 7.82. The molecule has 2 aromatic rings. The predicted molar refractivity (Wildman–Crippen MR) is 89.1 cm³/mol. The number of ether oxygens (including phenoxy) is 2. The minimum absolute atomic E-state index is 0.0260. The van der Waals surface area contributed by atoms with Gasteiger partial charge in [-0.3, -0.25) is 4.79 Å². The summed E-state index contributed by atoms with van der Waals surface area (Å²) in [7, 11) is 3.53. The van der Waals surface area contributed by atoms with Crippen molar-refractivity contribution in [2.45, 2.75) is 18.9 Å². The molecule has 4 heteroatoms. The highest BCUT2D eigenvalue weighted by atomic mass is 16.6. The van der Waals surface area contributed by atoms with Crippen molar-refractivity contribution >= 4 is 5.91 Å². The van der Waals surface area contributed by atoms with Crippen molar-refractivity contribution in [3.05, 3.63) is 59.7 Å². The molecule has 0 aliphatic carbocycles. The van der Waals surface area contributed by atoms with Gasteiger partial charge in [0.25, 0.3) is 5.91 Å². The van der Waals surface area contributed by atoms with Crippen molar-refractivity contribution in [3.8, 4) is 11.5 Å². The van der Waals surface area contributed by atoms with Gasteiger partial charge in [0.1, 0.15) is 12.7 Å². The van der Waals surface area contributed by atoms with Gasteiger partial charge >= 0.3 is 0 Å². The minimum atomic E-state index is 0.0260. The molecule has 1 aliphatic heterocycles. The fraction of sp³-hybridized carbons (Fsp3) is 0.316. The van der Waals surface area contributed by atoms with Gasteiger partial charge in [-0.05, 0) is 42.7 Å². The Kier molecular flexibility index (Phi) is 4.51. The smallest absolute Gasteiger partial charge is 0.253 e. The maximum Gasteiger partial charge on any atom is 0.253 e. The first-order valence-corrected chi connectivity index (χ1v) is 7.82. The maximum absolute atomic E-state index is 12.0. The van der Waals surface area contributed by atoms with Crippen LogP contribution < -0.4 is 9.47 Å². The number of carbonyl (C=O) groups is 1. The molecule has 0 saturated heterocycles. The SMILES string of the molecule is CN(C)C(=O)c1cccc(CC[C@H]2COc3ccccc3O2)c1. The number of amides is 1. The Morgan fingerprint density at radius 1 is 1.13 bits per heavy atom. The first kappa shape index (κ1) is 15.4. The lowest BCUT2D eigenvalue weighted by molar-refractivity contribution is 0.0827. The molecule has 1 atom stereocenters. The molecule has 2 aromatic carbocycles. The highest BCUT2D eigenvalue weighted by molar-refractivity contribution is 5.94. The van der Waals surface area contributed by atoms with Crippen LogP contribution in [-0.2, 0) is 6.42 Å². The highest BCUT2D eigenvalue weighted by Crippen LogP contribution is 2.31. The summed E-state index contributed by atoms with van der Waals surface area (Å²) in [5.74, 6) is 1.64. The van der Waals surface area contributed by atoms with E-state index in [0.717, 1.165) is 35.5 Å². The normalized spacial score (nSPS) is 16.0. The standard InChI is InChI=1S/C19H21NO3/c1-20(2)19(21)15-7-5-6-14(12-15)10-11-16-13-22-17-8-3-4-9-18(17)23-16/h3-9,12,16H,10-11,13H2,1-2H3/t16-/m0/s1. The van der Waals surface area contributed by atoms with Crippen LogP contribution in [0.2, 0.25) is 0 Å². The van der Waals surface area contributed by atoms with Crippen molar-refractivity contribution in [3.63, 3.8) is 0 Å². The van der Waals surface area contributed by atoms with E-state index in [-0.39, 0.29) is 12.0 Å². The van der Waals surface area contributed by atoms with Gasteiger partial charge in [0.05, 0.1) is 0 Å². The van der Waals surface area contributed by atoms with Crippen molar-refractivity contribution in [1.82, 2.24) is 4.90 Å². The summed E-state index contributed by atoms with van der Waals surface area (Å²) in [5, 5.41) is 0.